The third-order valence-corrected chi connectivity index (χ3v) is 3.40. The van der Waals surface area contributed by atoms with E-state index in [0.29, 0.717) is 13.2 Å². The van der Waals surface area contributed by atoms with Gasteiger partial charge in [-0.3, -0.25) is 5.32 Å². The molecule has 100 valence electrons. The summed E-state index contributed by atoms with van der Waals surface area (Å²) in [5, 5.41) is 3.38. The second kappa shape index (κ2) is 6.36. The lowest BCUT2D eigenvalue weighted by molar-refractivity contribution is -0.156. The smallest absolute Gasteiger partial charge is 0.329 e. The molecule has 1 aliphatic rings. The molecule has 4 heteroatoms. The third kappa shape index (κ3) is 3.68. The minimum absolute atomic E-state index is 0.139. The third-order valence-electron chi connectivity index (χ3n) is 3.40. The first-order valence-corrected chi connectivity index (χ1v) is 6.48. The first-order chi connectivity index (χ1) is 8.06. The molecule has 0 aromatic carbocycles. The van der Waals surface area contributed by atoms with Crippen LogP contribution >= 0.6 is 0 Å². The number of methoxy groups -OCH3 is 1. The number of esters is 1. The zero-order chi connectivity index (χ0) is 12.9. The zero-order valence-corrected chi connectivity index (χ0v) is 11.4. The van der Waals surface area contributed by atoms with Crippen molar-refractivity contribution in [1.29, 1.82) is 0 Å². The Bertz CT molecular complexity index is 251. The van der Waals surface area contributed by atoms with Gasteiger partial charge in [0.2, 0.25) is 0 Å². The maximum atomic E-state index is 12.2. The van der Waals surface area contributed by atoms with Gasteiger partial charge >= 0.3 is 5.97 Å². The predicted octanol–water partition coefficient (Wildman–Crippen LogP) is 1.59. The molecule has 0 saturated heterocycles. The summed E-state index contributed by atoms with van der Waals surface area (Å²) in [4.78, 5) is 12.2. The van der Waals surface area contributed by atoms with Crippen LogP contribution in [-0.4, -0.2) is 38.4 Å². The van der Waals surface area contributed by atoms with Gasteiger partial charge in [-0.25, -0.2) is 4.79 Å². The fourth-order valence-electron chi connectivity index (χ4n) is 1.92. The van der Waals surface area contributed by atoms with Gasteiger partial charge in [0.05, 0.1) is 13.2 Å². The molecular weight excluding hydrogens is 218 g/mol. The van der Waals surface area contributed by atoms with Gasteiger partial charge in [0.25, 0.3) is 0 Å². The number of carbonyl (C=O) groups is 1. The average Bonchev–Trinajstić information content (AvgIpc) is 3.07. The summed E-state index contributed by atoms with van der Waals surface area (Å²) in [6.07, 6.45) is 2.52. The van der Waals surface area contributed by atoms with Crippen LogP contribution in [0.25, 0.3) is 0 Å². The van der Waals surface area contributed by atoms with E-state index in [9.17, 15) is 4.79 Å². The molecule has 0 heterocycles. The minimum Gasteiger partial charge on any atom is -0.465 e. The molecule has 0 aliphatic heterocycles. The Morgan fingerprint density at radius 2 is 2.12 bits per heavy atom. The van der Waals surface area contributed by atoms with Crippen LogP contribution in [0, 0.1) is 11.8 Å². The van der Waals surface area contributed by atoms with Gasteiger partial charge < -0.3 is 9.47 Å². The van der Waals surface area contributed by atoms with Crippen LogP contribution in [0.5, 0.6) is 0 Å². The first-order valence-electron chi connectivity index (χ1n) is 6.48. The standard InChI is InChI=1S/C13H25NO3/c1-5-17-12(15)13(9-16-4,10(2)3)14-8-11-6-7-11/h10-11,14H,5-9H2,1-4H3. The van der Waals surface area contributed by atoms with Crippen LogP contribution in [0.1, 0.15) is 33.6 Å². The van der Waals surface area contributed by atoms with Crippen LogP contribution < -0.4 is 5.32 Å². The number of nitrogens with one attached hydrogen (secondary N) is 1. The molecule has 1 fully saturated rings. The molecule has 0 amide bonds. The van der Waals surface area contributed by atoms with Crippen LogP contribution in [0.3, 0.4) is 0 Å². The van der Waals surface area contributed by atoms with Gasteiger partial charge in [-0.2, -0.15) is 0 Å². The van der Waals surface area contributed by atoms with E-state index in [1.807, 2.05) is 20.8 Å². The Morgan fingerprint density at radius 3 is 2.53 bits per heavy atom. The van der Waals surface area contributed by atoms with E-state index >= 15 is 0 Å². The van der Waals surface area contributed by atoms with Gasteiger partial charge in [0.15, 0.2) is 0 Å². The highest BCUT2D eigenvalue weighted by Gasteiger charge is 2.43. The highest BCUT2D eigenvalue weighted by atomic mass is 16.5. The lowest BCUT2D eigenvalue weighted by Crippen LogP contribution is -2.60. The van der Waals surface area contributed by atoms with Crippen molar-refractivity contribution in [3.8, 4) is 0 Å². The lowest BCUT2D eigenvalue weighted by atomic mass is 9.86. The van der Waals surface area contributed by atoms with Gasteiger partial charge in [-0.1, -0.05) is 13.8 Å². The quantitative estimate of drug-likeness (QED) is 0.658. The van der Waals surface area contributed by atoms with E-state index in [0.717, 1.165) is 12.5 Å². The SMILES string of the molecule is CCOC(=O)C(COC)(NCC1CC1)C(C)C. The first kappa shape index (κ1) is 14.5. The van der Waals surface area contributed by atoms with Gasteiger partial charge in [0.1, 0.15) is 5.54 Å². The van der Waals surface area contributed by atoms with Crippen molar-refractivity contribution in [3.63, 3.8) is 0 Å². The Labute approximate surface area is 104 Å². The van der Waals surface area contributed by atoms with Crippen LogP contribution in [0.2, 0.25) is 0 Å². The Morgan fingerprint density at radius 1 is 1.47 bits per heavy atom. The Kier molecular flexibility index (Phi) is 5.40. The fraction of sp³-hybridized carbons (Fsp3) is 0.923. The normalized spacial score (nSPS) is 19.1. The molecule has 0 aromatic heterocycles. The minimum atomic E-state index is -0.701. The van der Waals surface area contributed by atoms with Crippen molar-refractivity contribution in [3.05, 3.63) is 0 Å². The van der Waals surface area contributed by atoms with Gasteiger partial charge in [-0.05, 0) is 38.1 Å². The van der Waals surface area contributed by atoms with Crippen molar-refractivity contribution in [2.75, 3.05) is 26.9 Å². The van der Waals surface area contributed by atoms with E-state index < -0.39 is 5.54 Å². The molecule has 1 rings (SSSR count). The van der Waals surface area contributed by atoms with Gasteiger partial charge in [-0.15, -0.1) is 0 Å². The number of hydrogen-bond acceptors (Lipinski definition) is 4. The van der Waals surface area contributed by atoms with Gasteiger partial charge in [0, 0.05) is 7.11 Å². The molecular formula is C13H25NO3. The molecule has 1 unspecified atom stereocenters. The number of carbonyl (C=O) groups excluding carboxylic acids is 1. The van der Waals surface area contributed by atoms with Crippen LogP contribution in [0.4, 0.5) is 0 Å². The van der Waals surface area contributed by atoms with E-state index in [1.54, 1.807) is 7.11 Å². The molecule has 0 bridgehead atoms. The van der Waals surface area contributed by atoms with Crippen molar-refractivity contribution in [2.24, 2.45) is 11.8 Å². The molecule has 1 saturated carbocycles. The van der Waals surface area contributed by atoms with Crippen molar-refractivity contribution in [2.45, 2.75) is 39.2 Å². The van der Waals surface area contributed by atoms with Crippen LogP contribution in [0.15, 0.2) is 0 Å². The molecule has 1 aliphatic carbocycles. The van der Waals surface area contributed by atoms with Crippen molar-refractivity contribution >= 4 is 5.97 Å². The predicted molar refractivity (Wildman–Crippen MR) is 66.8 cm³/mol. The lowest BCUT2D eigenvalue weighted by Gasteiger charge is -2.35. The van der Waals surface area contributed by atoms with Crippen LogP contribution in [-0.2, 0) is 14.3 Å². The average molecular weight is 243 g/mol. The molecule has 1 N–H and O–H groups in total. The molecule has 1 atom stereocenters. The largest absolute Gasteiger partial charge is 0.465 e. The molecule has 0 spiro atoms. The molecule has 4 nitrogen and oxygen atoms in total. The second-order valence-corrected chi connectivity index (χ2v) is 5.10. The summed E-state index contributed by atoms with van der Waals surface area (Å²) < 4.78 is 10.4. The molecule has 0 radical (unpaired) electrons. The monoisotopic (exact) mass is 243 g/mol. The molecule has 0 aromatic rings. The number of rotatable bonds is 8. The number of hydrogen-bond donors (Lipinski definition) is 1. The fourth-order valence-corrected chi connectivity index (χ4v) is 1.92. The Balaban J connectivity index is 2.72. The Hall–Kier alpha value is -0.610. The summed E-state index contributed by atoms with van der Waals surface area (Å²) in [6.45, 7) is 7.51. The summed E-state index contributed by atoms with van der Waals surface area (Å²) in [6, 6.07) is 0. The summed E-state index contributed by atoms with van der Waals surface area (Å²) >= 11 is 0. The zero-order valence-electron chi connectivity index (χ0n) is 11.4. The summed E-state index contributed by atoms with van der Waals surface area (Å²) in [5.41, 5.74) is -0.701. The number of ether oxygens (including phenoxy) is 2. The van der Waals surface area contributed by atoms with Crippen molar-refractivity contribution in [1.82, 2.24) is 5.32 Å². The summed E-state index contributed by atoms with van der Waals surface area (Å²) in [5.74, 6) is 0.664. The van der Waals surface area contributed by atoms with E-state index in [-0.39, 0.29) is 11.9 Å². The maximum absolute atomic E-state index is 12.2. The maximum Gasteiger partial charge on any atom is 0.329 e. The van der Waals surface area contributed by atoms with E-state index in [1.165, 1.54) is 12.8 Å². The van der Waals surface area contributed by atoms with E-state index in [2.05, 4.69) is 5.32 Å². The van der Waals surface area contributed by atoms with Crippen molar-refractivity contribution < 1.29 is 14.3 Å². The highest BCUT2D eigenvalue weighted by molar-refractivity contribution is 5.81. The topological polar surface area (TPSA) is 47.6 Å². The molecule has 17 heavy (non-hydrogen) atoms. The summed E-state index contributed by atoms with van der Waals surface area (Å²) in [7, 11) is 1.62. The highest BCUT2D eigenvalue weighted by Crippen LogP contribution is 2.29. The van der Waals surface area contributed by atoms with E-state index in [4.69, 9.17) is 9.47 Å². The second-order valence-electron chi connectivity index (χ2n) is 5.10.